The number of nitrogens with one attached hydrogen (secondary N) is 2. The summed E-state index contributed by atoms with van der Waals surface area (Å²) in [4.78, 5) is 13.3. The van der Waals surface area contributed by atoms with Crippen LogP contribution < -0.4 is 10.6 Å². The molecule has 3 unspecified atom stereocenters. The lowest BCUT2D eigenvalue weighted by atomic mass is 9.98. The van der Waals surface area contributed by atoms with Crippen LogP contribution in [0, 0.1) is 0 Å². The number of carbonyl (C=O) groups is 1. The van der Waals surface area contributed by atoms with Crippen LogP contribution in [0.3, 0.4) is 0 Å². The molecular weight excluding hydrogens is 218 g/mol. The lowest BCUT2D eigenvalue weighted by Gasteiger charge is -2.36. The standard InChI is InChI=1S/C12H21N3O2/c1-15(7-11-6-13-12(16)17-11)10-4-8-2-3-9(5-10)14-8/h8-11,14H,2-7H2,1H3,(H,13,16). The molecule has 3 heterocycles. The number of fused-ring (bicyclic) bond motifs is 2. The van der Waals surface area contributed by atoms with Crippen molar-refractivity contribution in [2.75, 3.05) is 20.1 Å². The number of alkyl carbamates (subject to hydrolysis) is 1. The molecule has 3 aliphatic heterocycles. The Hall–Kier alpha value is -0.810. The zero-order valence-electron chi connectivity index (χ0n) is 10.3. The highest BCUT2D eigenvalue weighted by atomic mass is 16.6. The molecule has 1 amide bonds. The minimum atomic E-state index is -0.270. The number of piperidine rings is 1. The lowest BCUT2D eigenvalue weighted by Crippen LogP contribution is -2.48. The van der Waals surface area contributed by atoms with Crippen LogP contribution in [0.15, 0.2) is 0 Å². The Morgan fingerprint density at radius 1 is 1.35 bits per heavy atom. The highest BCUT2D eigenvalue weighted by Gasteiger charge is 2.36. The van der Waals surface area contributed by atoms with E-state index >= 15 is 0 Å². The number of rotatable bonds is 3. The molecule has 2 bridgehead atoms. The molecule has 96 valence electrons. The summed E-state index contributed by atoms with van der Waals surface area (Å²) in [5, 5.41) is 6.36. The fraction of sp³-hybridized carbons (Fsp3) is 0.917. The molecule has 0 aliphatic carbocycles. The summed E-state index contributed by atoms with van der Waals surface area (Å²) >= 11 is 0. The molecule has 5 heteroatoms. The Bertz CT molecular complexity index is 298. The highest BCUT2D eigenvalue weighted by Crippen LogP contribution is 2.29. The van der Waals surface area contributed by atoms with Crippen LogP contribution in [0.1, 0.15) is 25.7 Å². The molecule has 3 rings (SSSR count). The summed E-state index contributed by atoms with van der Waals surface area (Å²) in [5.41, 5.74) is 0. The van der Waals surface area contributed by atoms with Gasteiger partial charge in [0.2, 0.25) is 0 Å². The van der Waals surface area contributed by atoms with Gasteiger partial charge in [-0.25, -0.2) is 4.79 Å². The normalized spacial score (nSPS) is 40.5. The van der Waals surface area contributed by atoms with Crippen molar-refractivity contribution in [2.24, 2.45) is 0 Å². The molecule has 0 aromatic rings. The van der Waals surface area contributed by atoms with Crippen LogP contribution in [0.4, 0.5) is 4.79 Å². The van der Waals surface area contributed by atoms with Crippen molar-refractivity contribution in [1.29, 1.82) is 0 Å². The average molecular weight is 239 g/mol. The van der Waals surface area contributed by atoms with Gasteiger partial charge in [-0.1, -0.05) is 0 Å². The highest BCUT2D eigenvalue weighted by molar-refractivity contribution is 5.69. The van der Waals surface area contributed by atoms with Crippen molar-refractivity contribution in [2.45, 2.75) is 49.9 Å². The summed E-state index contributed by atoms with van der Waals surface area (Å²) in [5.74, 6) is 0. The molecular formula is C12H21N3O2. The Morgan fingerprint density at radius 3 is 2.65 bits per heavy atom. The number of likely N-dealkylation sites (N-methyl/N-ethyl adjacent to an activating group) is 1. The first-order valence-corrected chi connectivity index (χ1v) is 6.61. The van der Waals surface area contributed by atoms with Crippen molar-refractivity contribution >= 4 is 6.09 Å². The van der Waals surface area contributed by atoms with Crippen LogP contribution in [-0.2, 0) is 4.74 Å². The molecule has 17 heavy (non-hydrogen) atoms. The van der Waals surface area contributed by atoms with Gasteiger partial charge in [0, 0.05) is 24.7 Å². The number of ether oxygens (including phenoxy) is 1. The van der Waals surface area contributed by atoms with Crippen molar-refractivity contribution in [3.8, 4) is 0 Å². The van der Waals surface area contributed by atoms with Crippen LogP contribution in [0.25, 0.3) is 0 Å². The van der Waals surface area contributed by atoms with Gasteiger partial charge in [0.15, 0.2) is 0 Å². The van der Waals surface area contributed by atoms with E-state index in [9.17, 15) is 4.79 Å². The Labute approximate surface area is 102 Å². The first-order valence-electron chi connectivity index (χ1n) is 6.61. The summed E-state index contributed by atoms with van der Waals surface area (Å²) in [6.07, 6.45) is 4.89. The predicted octanol–water partition coefficient (Wildman–Crippen LogP) is 0.310. The largest absolute Gasteiger partial charge is 0.443 e. The minimum absolute atomic E-state index is 0.0278. The van der Waals surface area contributed by atoms with Crippen molar-refractivity contribution in [1.82, 2.24) is 15.5 Å². The quantitative estimate of drug-likeness (QED) is 0.744. The maximum absolute atomic E-state index is 11.0. The third kappa shape index (κ3) is 2.40. The second kappa shape index (κ2) is 4.46. The van der Waals surface area contributed by atoms with Gasteiger partial charge in [-0.15, -0.1) is 0 Å². The SMILES string of the molecule is CN(CC1CNC(=O)O1)C1CC2CCC(C1)N2. The fourth-order valence-electron chi connectivity index (χ4n) is 3.39. The molecule has 0 aromatic heterocycles. The summed E-state index contributed by atoms with van der Waals surface area (Å²) in [6, 6.07) is 2.07. The van der Waals surface area contributed by atoms with Crippen molar-refractivity contribution < 1.29 is 9.53 Å². The molecule has 3 saturated heterocycles. The van der Waals surface area contributed by atoms with E-state index in [1.54, 1.807) is 0 Å². The molecule has 2 N–H and O–H groups in total. The number of cyclic esters (lactones) is 1. The van der Waals surface area contributed by atoms with Crippen LogP contribution >= 0.6 is 0 Å². The van der Waals surface area contributed by atoms with Gasteiger partial charge in [-0.3, -0.25) is 4.90 Å². The molecule has 3 fully saturated rings. The minimum Gasteiger partial charge on any atom is -0.443 e. The van der Waals surface area contributed by atoms with Gasteiger partial charge in [0.05, 0.1) is 6.54 Å². The molecule has 0 aromatic carbocycles. The molecule has 0 radical (unpaired) electrons. The van der Waals surface area contributed by atoms with E-state index in [-0.39, 0.29) is 12.2 Å². The maximum atomic E-state index is 11.0. The van der Waals surface area contributed by atoms with Gasteiger partial charge < -0.3 is 15.4 Å². The summed E-state index contributed by atoms with van der Waals surface area (Å²) in [7, 11) is 2.15. The Morgan fingerprint density at radius 2 is 2.06 bits per heavy atom. The number of carbonyl (C=O) groups excluding carboxylic acids is 1. The number of hydrogen-bond donors (Lipinski definition) is 2. The molecule has 3 atom stereocenters. The Balaban J connectivity index is 1.52. The first kappa shape index (κ1) is 11.3. The lowest BCUT2D eigenvalue weighted by molar-refractivity contribution is 0.0886. The van der Waals surface area contributed by atoms with E-state index in [0.29, 0.717) is 24.7 Å². The van der Waals surface area contributed by atoms with E-state index < -0.39 is 0 Å². The second-order valence-electron chi connectivity index (χ2n) is 5.61. The summed E-state index contributed by atoms with van der Waals surface area (Å²) in [6.45, 7) is 1.50. The average Bonchev–Trinajstić information content (AvgIpc) is 2.85. The fourth-order valence-corrected chi connectivity index (χ4v) is 3.39. The number of hydrogen-bond acceptors (Lipinski definition) is 4. The first-order chi connectivity index (χ1) is 8.20. The van der Waals surface area contributed by atoms with Crippen molar-refractivity contribution in [3.63, 3.8) is 0 Å². The van der Waals surface area contributed by atoms with Crippen molar-refractivity contribution in [3.05, 3.63) is 0 Å². The topological polar surface area (TPSA) is 53.6 Å². The van der Waals surface area contributed by atoms with E-state index in [1.807, 2.05) is 0 Å². The number of amides is 1. The predicted molar refractivity (Wildman–Crippen MR) is 63.9 cm³/mol. The van der Waals surface area contributed by atoms with Crippen LogP contribution in [0.5, 0.6) is 0 Å². The van der Waals surface area contributed by atoms with Crippen LogP contribution in [0.2, 0.25) is 0 Å². The molecule has 0 spiro atoms. The smallest absolute Gasteiger partial charge is 0.407 e. The monoisotopic (exact) mass is 239 g/mol. The van der Waals surface area contributed by atoms with Gasteiger partial charge in [0.25, 0.3) is 0 Å². The van der Waals surface area contributed by atoms with Gasteiger partial charge in [-0.2, -0.15) is 0 Å². The molecule has 0 saturated carbocycles. The number of nitrogens with zero attached hydrogens (tertiary/aromatic N) is 1. The van der Waals surface area contributed by atoms with Gasteiger partial charge in [-0.05, 0) is 32.7 Å². The molecule has 3 aliphatic rings. The second-order valence-corrected chi connectivity index (χ2v) is 5.61. The van der Waals surface area contributed by atoms with Gasteiger partial charge in [0.1, 0.15) is 6.10 Å². The third-order valence-corrected chi connectivity index (χ3v) is 4.31. The summed E-state index contributed by atoms with van der Waals surface area (Å²) < 4.78 is 5.18. The van der Waals surface area contributed by atoms with E-state index in [1.165, 1.54) is 25.7 Å². The van der Waals surface area contributed by atoms with Gasteiger partial charge >= 0.3 is 6.09 Å². The van der Waals surface area contributed by atoms with E-state index in [2.05, 4.69) is 22.6 Å². The molecule has 5 nitrogen and oxygen atoms in total. The van der Waals surface area contributed by atoms with E-state index in [4.69, 9.17) is 4.74 Å². The van der Waals surface area contributed by atoms with E-state index in [0.717, 1.165) is 6.54 Å². The zero-order valence-corrected chi connectivity index (χ0v) is 10.3. The zero-order chi connectivity index (χ0) is 11.8. The Kier molecular flexibility index (Phi) is 2.96. The third-order valence-electron chi connectivity index (χ3n) is 4.31. The van der Waals surface area contributed by atoms with Crippen LogP contribution in [-0.4, -0.2) is 55.4 Å². The maximum Gasteiger partial charge on any atom is 0.407 e.